The maximum absolute atomic E-state index is 12.2. The molecule has 48 valence electrons. The summed E-state index contributed by atoms with van der Waals surface area (Å²) in [5, 5.41) is 8.75. The van der Waals surface area contributed by atoms with Gasteiger partial charge < -0.3 is 0 Å². The van der Waals surface area contributed by atoms with Crippen molar-refractivity contribution < 1.29 is 14.3 Å². The molecule has 2 nitrogen and oxygen atoms in total. The van der Waals surface area contributed by atoms with Gasteiger partial charge in [0.25, 0.3) is 0 Å². The van der Waals surface area contributed by atoms with E-state index in [9.17, 15) is 4.39 Å². The molecule has 9 heavy (non-hydrogen) atoms. The van der Waals surface area contributed by atoms with Gasteiger partial charge in [0.1, 0.15) is 5.82 Å². The van der Waals surface area contributed by atoms with E-state index < -0.39 is 0 Å². The highest BCUT2D eigenvalue weighted by Gasteiger charge is 2.04. The van der Waals surface area contributed by atoms with Gasteiger partial charge >= 0.3 is 4.60 Å². The lowest BCUT2D eigenvalue weighted by atomic mass is 10.5. The van der Waals surface area contributed by atoms with Gasteiger partial charge in [-0.15, -0.1) is 0 Å². The van der Waals surface area contributed by atoms with Gasteiger partial charge in [0.05, 0.1) is 6.07 Å². The summed E-state index contributed by atoms with van der Waals surface area (Å²) in [6.07, 6.45) is 1.21. The standard InChI is InChI=1S/C5H4BrFNO/c6-5-3-4(7)1-2-8(5)9/h1-3,9H/q+1. The molecule has 1 aromatic rings. The quantitative estimate of drug-likeness (QED) is 0.372. The molecule has 1 N–H and O–H groups in total. The summed E-state index contributed by atoms with van der Waals surface area (Å²) in [4.78, 5) is 0. The lowest BCUT2D eigenvalue weighted by molar-refractivity contribution is -0.913. The van der Waals surface area contributed by atoms with E-state index in [4.69, 9.17) is 5.21 Å². The first-order valence-electron chi connectivity index (χ1n) is 2.26. The molecule has 0 aliphatic rings. The van der Waals surface area contributed by atoms with Crippen molar-refractivity contribution in [2.45, 2.75) is 0 Å². The zero-order valence-corrected chi connectivity index (χ0v) is 5.97. The number of nitrogens with zero attached hydrogens (tertiary/aromatic N) is 1. The van der Waals surface area contributed by atoms with Crippen molar-refractivity contribution in [2.75, 3.05) is 0 Å². The molecule has 0 spiro atoms. The first-order valence-corrected chi connectivity index (χ1v) is 3.05. The lowest BCUT2D eigenvalue weighted by Crippen LogP contribution is -2.30. The summed E-state index contributed by atoms with van der Waals surface area (Å²) in [6, 6.07) is 2.32. The fraction of sp³-hybridized carbons (Fsp3) is 0. The van der Waals surface area contributed by atoms with Crippen molar-refractivity contribution in [3.8, 4) is 0 Å². The Labute approximate surface area is 59.6 Å². The van der Waals surface area contributed by atoms with E-state index in [-0.39, 0.29) is 5.82 Å². The monoisotopic (exact) mass is 192 g/mol. The third-order valence-corrected chi connectivity index (χ3v) is 1.44. The Bertz CT molecular complexity index is 228. The normalized spacial score (nSPS) is 9.56. The molecular weight excluding hydrogens is 189 g/mol. The Balaban J connectivity index is 3.17. The van der Waals surface area contributed by atoms with Gasteiger partial charge in [0.15, 0.2) is 0 Å². The molecule has 1 heterocycles. The fourth-order valence-corrected chi connectivity index (χ4v) is 0.778. The first-order chi connectivity index (χ1) is 4.20. The van der Waals surface area contributed by atoms with E-state index in [1.807, 2.05) is 0 Å². The molecule has 0 aromatic carbocycles. The molecule has 4 heteroatoms. The van der Waals surface area contributed by atoms with E-state index in [0.717, 1.165) is 10.8 Å². The van der Waals surface area contributed by atoms with Crippen molar-refractivity contribution in [2.24, 2.45) is 0 Å². The SMILES string of the molecule is O[n+]1ccc(F)cc1Br. The van der Waals surface area contributed by atoms with E-state index in [0.29, 0.717) is 4.60 Å². The van der Waals surface area contributed by atoms with Gasteiger partial charge in [-0.2, -0.15) is 0 Å². The van der Waals surface area contributed by atoms with Crippen LogP contribution in [0.5, 0.6) is 0 Å². The molecule has 0 radical (unpaired) electrons. The highest BCUT2D eigenvalue weighted by molar-refractivity contribution is 9.10. The van der Waals surface area contributed by atoms with Gasteiger partial charge in [-0.25, -0.2) is 4.39 Å². The van der Waals surface area contributed by atoms with Crippen molar-refractivity contribution in [3.05, 3.63) is 28.7 Å². The maximum atomic E-state index is 12.2. The van der Waals surface area contributed by atoms with Crippen molar-refractivity contribution in [1.29, 1.82) is 0 Å². The zero-order valence-electron chi connectivity index (χ0n) is 4.38. The van der Waals surface area contributed by atoms with Crippen LogP contribution in [0.4, 0.5) is 4.39 Å². The zero-order chi connectivity index (χ0) is 6.85. The van der Waals surface area contributed by atoms with Crippen LogP contribution in [0.3, 0.4) is 0 Å². The molecule has 1 rings (SSSR count). The number of aromatic nitrogens is 1. The van der Waals surface area contributed by atoms with E-state index in [1.165, 1.54) is 12.3 Å². The predicted octanol–water partition coefficient (Wildman–Crippen LogP) is 1.11. The van der Waals surface area contributed by atoms with Gasteiger partial charge in [0, 0.05) is 26.7 Å². The van der Waals surface area contributed by atoms with Crippen LogP contribution in [0.15, 0.2) is 22.9 Å². The number of pyridine rings is 1. The summed E-state index contributed by atoms with van der Waals surface area (Å²) < 4.78 is 13.3. The minimum absolute atomic E-state index is 0.294. The molecular formula is C5H4BrFNO+. The summed E-state index contributed by atoms with van der Waals surface area (Å²) in [5.41, 5.74) is 0. The Kier molecular flexibility index (Phi) is 1.66. The molecule has 0 atom stereocenters. The number of rotatable bonds is 0. The van der Waals surface area contributed by atoms with Gasteiger partial charge in [-0.3, -0.25) is 5.21 Å². The average molecular weight is 193 g/mol. The number of hydrogen-bond acceptors (Lipinski definition) is 1. The van der Waals surface area contributed by atoms with Gasteiger partial charge in [-0.05, 0) is 0 Å². The Morgan fingerprint density at radius 1 is 1.67 bits per heavy atom. The van der Waals surface area contributed by atoms with Crippen LogP contribution in [-0.4, -0.2) is 5.21 Å². The van der Waals surface area contributed by atoms with Crippen molar-refractivity contribution in [1.82, 2.24) is 0 Å². The number of hydrogen-bond donors (Lipinski definition) is 1. The third kappa shape index (κ3) is 1.38. The van der Waals surface area contributed by atoms with Crippen LogP contribution < -0.4 is 4.73 Å². The van der Waals surface area contributed by atoms with Crippen LogP contribution in [0.1, 0.15) is 0 Å². The largest absolute Gasteiger partial charge is 0.301 e. The smallest absolute Gasteiger partial charge is 0.284 e. The van der Waals surface area contributed by atoms with Crippen LogP contribution in [0.25, 0.3) is 0 Å². The van der Waals surface area contributed by atoms with Crippen LogP contribution >= 0.6 is 15.9 Å². The van der Waals surface area contributed by atoms with Crippen molar-refractivity contribution >= 4 is 15.9 Å². The second kappa shape index (κ2) is 2.31. The number of halogens is 2. The topological polar surface area (TPSA) is 24.1 Å². The lowest BCUT2D eigenvalue weighted by Gasteiger charge is -1.85. The molecule has 0 aliphatic carbocycles. The van der Waals surface area contributed by atoms with E-state index in [1.54, 1.807) is 0 Å². The second-order valence-corrected chi connectivity index (χ2v) is 2.32. The predicted molar refractivity (Wildman–Crippen MR) is 31.5 cm³/mol. The Hall–Kier alpha value is -0.640. The second-order valence-electron chi connectivity index (χ2n) is 1.51. The minimum Gasteiger partial charge on any atom is -0.284 e. The van der Waals surface area contributed by atoms with Gasteiger partial charge in [0.2, 0.25) is 6.20 Å². The molecule has 0 saturated carbocycles. The van der Waals surface area contributed by atoms with E-state index >= 15 is 0 Å². The van der Waals surface area contributed by atoms with Crippen molar-refractivity contribution in [3.63, 3.8) is 0 Å². The third-order valence-electron chi connectivity index (χ3n) is 0.851. The Morgan fingerprint density at radius 2 is 2.33 bits per heavy atom. The highest BCUT2D eigenvalue weighted by atomic mass is 79.9. The average Bonchev–Trinajstić information content (AvgIpc) is 1.80. The highest BCUT2D eigenvalue weighted by Crippen LogP contribution is 2.02. The van der Waals surface area contributed by atoms with E-state index in [2.05, 4.69) is 15.9 Å². The van der Waals surface area contributed by atoms with Crippen LogP contribution in [0.2, 0.25) is 0 Å². The van der Waals surface area contributed by atoms with Gasteiger partial charge in [-0.1, -0.05) is 0 Å². The molecule has 0 amide bonds. The summed E-state index contributed by atoms with van der Waals surface area (Å²) in [5.74, 6) is -0.382. The summed E-state index contributed by atoms with van der Waals surface area (Å²) >= 11 is 2.92. The molecule has 0 bridgehead atoms. The maximum Gasteiger partial charge on any atom is 0.301 e. The molecule has 0 aliphatic heterocycles. The molecule has 0 fully saturated rings. The van der Waals surface area contributed by atoms with Crippen LogP contribution in [-0.2, 0) is 0 Å². The molecule has 0 unspecified atom stereocenters. The van der Waals surface area contributed by atoms with Crippen LogP contribution in [0, 0.1) is 5.82 Å². The minimum atomic E-state index is -0.382. The molecule has 1 aromatic heterocycles. The summed E-state index contributed by atoms with van der Waals surface area (Å²) in [7, 11) is 0. The molecule has 0 saturated heterocycles. The fourth-order valence-electron chi connectivity index (χ4n) is 0.441. The Morgan fingerprint density at radius 3 is 2.78 bits per heavy atom. The first kappa shape index (κ1) is 6.48. The summed E-state index contributed by atoms with van der Waals surface area (Å²) in [6.45, 7) is 0.